The molecule has 1 aromatic carbocycles. The van der Waals surface area contributed by atoms with Gasteiger partial charge in [0.2, 0.25) is 0 Å². The van der Waals surface area contributed by atoms with Gasteiger partial charge >= 0.3 is 0 Å². The normalized spacial score (nSPS) is 21.2. The third kappa shape index (κ3) is 3.37. The number of hydrogen-bond donors (Lipinski definition) is 1. The molecule has 1 aliphatic heterocycles. The zero-order valence-corrected chi connectivity index (χ0v) is 9.99. The number of benzene rings is 1. The van der Waals surface area contributed by atoms with E-state index >= 15 is 0 Å². The lowest BCUT2D eigenvalue weighted by Gasteiger charge is -2.15. The van der Waals surface area contributed by atoms with E-state index in [0.29, 0.717) is 17.7 Å². The number of ether oxygens (including phenoxy) is 1. The quantitative estimate of drug-likeness (QED) is 0.872. The Bertz CT molecular complexity index is 346. The summed E-state index contributed by atoms with van der Waals surface area (Å²) in [6.07, 6.45) is 1.09. The van der Waals surface area contributed by atoms with E-state index in [1.54, 1.807) is 0 Å². The summed E-state index contributed by atoms with van der Waals surface area (Å²) < 4.78 is 5.62. The number of rotatable bonds is 4. The van der Waals surface area contributed by atoms with Gasteiger partial charge in [0.05, 0.1) is 0 Å². The first kappa shape index (κ1) is 11.7. The molecule has 2 rings (SSSR count). The Hall–Kier alpha value is -0.770. The van der Waals surface area contributed by atoms with Crippen LogP contribution in [0.2, 0.25) is 5.02 Å². The average molecular weight is 241 g/mol. The molecule has 0 saturated carbocycles. The monoisotopic (exact) mass is 240 g/mol. The van der Waals surface area contributed by atoms with E-state index in [0.717, 1.165) is 31.8 Å². The van der Waals surface area contributed by atoms with Gasteiger partial charge in [-0.2, -0.15) is 0 Å². The Morgan fingerprint density at radius 3 is 3.06 bits per heavy atom. The van der Waals surface area contributed by atoms with Gasteiger partial charge in [0.25, 0.3) is 0 Å². The van der Waals surface area contributed by atoms with Crippen LogP contribution in [0, 0.1) is 0 Å². The minimum Gasteiger partial charge on any atom is -0.492 e. The molecule has 0 unspecified atom stereocenters. The zero-order chi connectivity index (χ0) is 11.4. The predicted molar refractivity (Wildman–Crippen MR) is 66.0 cm³/mol. The molecule has 1 aromatic rings. The average Bonchev–Trinajstić information content (AvgIpc) is 2.64. The van der Waals surface area contributed by atoms with Crippen molar-refractivity contribution in [2.75, 3.05) is 26.2 Å². The van der Waals surface area contributed by atoms with Crippen molar-refractivity contribution in [1.82, 2.24) is 4.90 Å². The topological polar surface area (TPSA) is 38.5 Å². The highest BCUT2D eigenvalue weighted by Gasteiger charge is 2.18. The third-order valence-corrected chi connectivity index (χ3v) is 3.02. The number of nitrogens with zero attached hydrogens (tertiary/aromatic N) is 1. The molecular formula is C12H17ClN2O. The summed E-state index contributed by atoms with van der Waals surface area (Å²) in [4.78, 5) is 2.33. The summed E-state index contributed by atoms with van der Waals surface area (Å²) in [6.45, 7) is 3.69. The highest BCUT2D eigenvalue weighted by molar-refractivity contribution is 6.30. The number of hydrogen-bond acceptors (Lipinski definition) is 3. The molecule has 0 aromatic heterocycles. The smallest absolute Gasteiger partial charge is 0.120 e. The van der Waals surface area contributed by atoms with Crippen LogP contribution in [-0.4, -0.2) is 37.2 Å². The van der Waals surface area contributed by atoms with Crippen LogP contribution in [0.25, 0.3) is 0 Å². The maximum Gasteiger partial charge on any atom is 0.120 e. The summed E-state index contributed by atoms with van der Waals surface area (Å²) in [5.74, 6) is 0.830. The molecule has 0 amide bonds. The largest absolute Gasteiger partial charge is 0.492 e. The van der Waals surface area contributed by atoms with Gasteiger partial charge in [0, 0.05) is 24.2 Å². The third-order valence-electron chi connectivity index (χ3n) is 2.78. The summed E-state index contributed by atoms with van der Waals surface area (Å²) in [5.41, 5.74) is 5.83. The molecule has 4 heteroatoms. The van der Waals surface area contributed by atoms with E-state index < -0.39 is 0 Å². The van der Waals surface area contributed by atoms with Crippen molar-refractivity contribution in [2.24, 2.45) is 5.73 Å². The Labute approximate surface area is 101 Å². The zero-order valence-electron chi connectivity index (χ0n) is 9.23. The fraction of sp³-hybridized carbons (Fsp3) is 0.500. The van der Waals surface area contributed by atoms with Crippen LogP contribution in [0.1, 0.15) is 6.42 Å². The lowest BCUT2D eigenvalue weighted by molar-refractivity contribution is 0.236. The molecule has 1 saturated heterocycles. The van der Waals surface area contributed by atoms with Crippen molar-refractivity contribution in [1.29, 1.82) is 0 Å². The van der Waals surface area contributed by atoms with Gasteiger partial charge in [0.1, 0.15) is 12.4 Å². The maximum atomic E-state index is 5.86. The van der Waals surface area contributed by atoms with Gasteiger partial charge in [-0.3, -0.25) is 4.90 Å². The van der Waals surface area contributed by atoms with Crippen LogP contribution in [-0.2, 0) is 0 Å². The Morgan fingerprint density at radius 2 is 2.38 bits per heavy atom. The molecule has 1 atom stereocenters. The van der Waals surface area contributed by atoms with E-state index in [4.69, 9.17) is 22.1 Å². The highest BCUT2D eigenvalue weighted by atomic mass is 35.5. The first-order chi connectivity index (χ1) is 7.74. The van der Waals surface area contributed by atoms with E-state index in [1.807, 2.05) is 24.3 Å². The minimum absolute atomic E-state index is 0.339. The first-order valence-corrected chi connectivity index (χ1v) is 5.98. The Balaban J connectivity index is 1.72. The fourth-order valence-electron chi connectivity index (χ4n) is 1.92. The van der Waals surface area contributed by atoms with Gasteiger partial charge in [-0.1, -0.05) is 17.7 Å². The van der Waals surface area contributed by atoms with Crippen LogP contribution in [0.15, 0.2) is 24.3 Å². The van der Waals surface area contributed by atoms with Crippen molar-refractivity contribution < 1.29 is 4.74 Å². The van der Waals surface area contributed by atoms with Gasteiger partial charge in [-0.05, 0) is 31.2 Å². The predicted octanol–water partition coefficient (Wildman–Crippen LogP) is 1.75. The summed E-state index contributed by atoms with van der Waals surface area (Å²) in [6, 6.07) is 7.82. The van der Waals surface area contributed by atoms with Crippen molar-refractivity contribution in [3.05, 3.63) is 29.3 Å². The van der Waals surface area contributed by atoms with E-state index in [9.17, 15) is 0 Å². The molecule has 16 heavy (non-hydrogen) atoms. The molecule has 0 spiro atoms. The van der Waals surface area contributed by atoms with Crippen molar-refractivity contribution in [2.45, 2.75) is 12.5 Å². The fourth-order valence-corrected chi connectivity index (χ4v) is 2.10. The summed E-state index contributed by atoms with van der Waals surface area (Å²) in [5, 5.41) is 0.709. The summed E-state index contributed by atoms with van der Waals surface area (Å²) in [7, 11) is 0. The Morgan fingerprint density at radius 1 is 1.50 bits per heavy atom. The second-order valence-electron chi connectivity index (χ2n) is 4.16. The maximum absolute atomic E-state index is 5.86. The van der Waals surface area contributed by atoms with Crippen LogP contribution < -0.4 is 10.5 Å². The second kappa shape index (κ2) is 5.53. The molecular weight excluding hydrogens is 224 g/mol. The second-order valence-corrected chi connectivity index (χ2v) is 4.59. The number of likely N-dealkylation sites (tertiary alicyclic amines) is 1. The molecule has 3 nitrogen and oxygen atoms in total. The van der Waals surface area contributed by atoms with Crippen molar-refractivity contribution >= 4 is 11.6 Å². The standard InChI is InChI=1S/C12H17ClN2O/c13-10-2-1-3-12(8-10)16-7-6-15-5-4-11(14)9-15/h1-3,8,11H,4-7,9,14H2/t11-/m1/s1. The van der Waals surface area contributed by atoms with Crippen molar-refractivity contribution in [3.63, 3.8) is 0 Å². The van der Waals surface area contributed by atoms with Crippen LogP contribution >= 0.6 is 11.6 Å². The van der Waals surface area contributed by atoms with Gasteiger partial charge in [0.15, 0.2) is 0 Å². The van der Waals surface area contributed by atoms with Crippen LogP contribution in [0.5, 0.6) is 5.75 Å². The summed E-state index contributed by atoms with van der Waals surface area (Å²) >= 11 is 5.86. The molecule has 0 radical (unpaired) electrons. The highest BCUT2D eigenvalue weighted by Crippen LogP contribution is 2.17. The lowest BCUT2D eigenvalue weighted by Crippen LogP contribution is -2.29. The SMILES string of the molecule is N[C@@H]1CCN(CCOc2cccc(Cl)c2)C1. The molecule has 2 N–H and O–H groups in total. The molecule has 88 valence electrons. The minimum atomic E-state index is 0.339. The number of halogens is 1. The molecule has 1 aliphatic rings. The van der Waals surface area contributed by atoms with Crippen molar-refractivity contribution in [3.8, 4) is 5.75 Å². The lowest BCUT2D eigenvalue weighted by atomic mass is 10.3. The van der Waals surface area contributed by atoms with E-state index in [-0.39, 0.29) is 0 Å². The first-order valence-electron chi connectivity index (χ1n) is 5.60. The van der Waals surface area contributed by atoms with Gasteiger partial charge in [-0.25, -0.2) is 0 Å². The van der Waals surface area contributed by atoms with Gasteiger partial charge in [-0.15, -0.1) is 0 Å². The van der Waals surface area contributed by atoms with E-state index in [1.165, 1.54) is 0 Å². The molecule has 0 aliphatic carbocycles. The Kier molecular flexibility index (Phi) is 4.04. The van der Waals surface area contributed by atoms with Crippen LogP contribution in [0.3, 0.4) is 0 Å². The number of nitrogens with two attached hydrogens (primary N) is 1. The molecule has 0 bridgehead atoms. The molecule has 1 heterocycles. The molecule has 1 fully saturated rings. The van der Waals surface area contributed by atoms with E-state index in [2.05, 4.69) is 4.90 Å². The van der Waals surface area contributed by atoms with Gasteiger partial charge < -0.3 is 10.5 Å². The van der Waals surface area contributed by atoms with Crippen LogP contribution in [0.4, 0.5) is 0 Å².